The maximum Gasteiger partial charge on any atom is 0.171 e. The molecule has 0 heterocycles. The fourth-order valence-corrected chi connectivity index (χ4v) is 3.49. The summed E-state index contributed by atoms with van der Waals surface area (Å²) in [6.07, 6.45) is 0. The Labute approximate surface area is 168 Å². The van der Waals surface area contributed by atoms with Gasteiger partial charge in [-0.25, -0.2) is 0 Å². The monoisotopic (exact) mass is 386 g/mol. The van der Waals surface area contributed by atoms with E-state index in [9.17, 15) is 9.90 Å². The SMILES string of the molecule is Cc1cccc(C(=O)C(C)c2cc(C(C)(C)C)c(O)c(C(C)(C)C)c2)c1Cl. The fraction of sp³-hybridized carbons (Fsp3) is 0.458. The lowest BCUT2D eigenvalue weighted by Crippen LogP contribution is -2.19. The van der Waals surface area contributed by atoms with Gasteiger partial charge in [0.25, 0.3) is 0 Å². The lowest BCUT2D eigenvalue weighted by atomic mass is 9.76. The molecule has 2 aromatic carbocycles. The van der Waals surface area contributed by atoms with Gasteiger partial charge < -0.3 is 5.11 Å². The van der Waals surface area contributed by atoms with E-state index in [2.05, 4.69) is 41.5 Å². The van der Waals surface area contributed by atoms with Crippen LogP contribution in [0.2, 0.25) is 5.02 Å². The van der Waals surface area contributed by atoms with Crippen LogP contribution in [0.3, 0.4) is 0 Å². The molecule has 2 nitrogen and oxygen atoms in total. The number of Topliss-reactive ketones (excluding diaryl/α,β-unsaturated/α-hetero) is 1. The summed E-state index contributed by atoms with van der Waals surface area (Å²) in [5.74, 6) is -0.0341. The summed E-state index contributed by atoms with van der Waals surface area (Å²) in [6, 6.07) is 9.48. The van der Waals surface area contributed by atoms with E-state index in [1.807, 2.05) is 38.1 Å². The number of phenols is 1. The number of carbonyl (C=O) groups excluding carboxylic acids is 1. The zero-order valence-corrected chi connectivity index (χ0v) is 18.5. The third-order valence-electron chi connectivity index (χ3n) is 5.10. The second-order valence-corrected chi connectivity index (χ2v) is 9.86. The number of hydrogen-bond acceptors (Lipinski definition) is 2. The molecule has 0 saturated carbocycles. The third-order valence-corrected chi connectivity index (χ3v) is 5.60. The number of phenolic OH excluding ortho intramolecular Hbond substituents is 1. The van der Waals surface area contributed by atoms with Crippen LogP contribution in [0.15, 0.2) is 30.3 Å². The fourth-order valence-electron chi connectivity index (χ4n) is 3.27. The molecule has 3 heteroatoms. The molecule has 1 unspecified atom stereocenters. The molecule has 0 spiro atoms. The number of carbonyl (C=O) groups is 1. The minimum atomic E-state index is -0.355. The molecule has 0 bridgehead atoms. The quantitative estimate of drug-likeness (QED) is 0.580. The van der Waals surface area contributed by atoms with Gasteiger partial charge in [-0.2, -0.15) is 0 Å². The zero-order chi connectivity index (χ0) is 20.7. The first-order valence-electron chi connectivity index (χ1n) is 9.42. The molecule has 0 aliphatic rings. The van der Waals surface area contributed by atoms with Crippen molar-refractivity contribution >= 4 is 17.4 Å². The van der Waals surface area contributed by atoms with Gasteiger partial charge in [-0.15, -0.1) is 0 Å². The molecule has 146 valence electrons. The van der Waals surface area contributed by atoms with E-state index < -0.39 is 0 Å². The zero-order valence-electron chi connectivity index (χ0n) is 17.7. The minimum Gasteiger partial charge on any atom is -0.507 e. The number of hydrogen-bond donors (Lipinski definition) is 1. The van der Waals surface area contributed by atoms with E-state index in [-0.39, 0.29) is 22.5 Å². The van der Waals surface area contributed by atoms with Gasteiger partial charge in [0.2, 0.25) is 0 Å². The van der Waals surface area contributed by atoms with Crippen LogP contribution >= 0.6 is 11.6 Å². The van der Waals surface area contributed by atoms with Crippen molar-refractivity contribution in [1.82, 2.24) is 0 Å². The highest BCUT2D eigenvalue weighted by atomic mass is 35.5. The molecule has 2 aromatic rings. The maximum absolute atomic E-state index is 13.2. The Balaban J connectivity index is 2.63. The van der Waals surface area contributed by atoms with Gasteiger partial charge in [0.05, 0.1) is 5.02 Å². The van der Waals surface area contributed by atoms with E-state index >= 15 is 0 Å². The molecule has 0 aliphatic carbocycles. The summed E-state index contributed by atoms with van der Waals surface area (Å²) < 4.78 is 0. The summed E-state index contributed by atoms with van der Waals surface area (Å²) in [5.41, 5.74) is 3.61. The van der Waals surface area contributed by atoms with Crippen molar-refractivity contribution in [1.29, 1.82) is 0 Å². The maximum atomic E-state index is 13.2. The normalized spacial score (nSPS) is 13.5. The molecule has 1 atom stereocenters. The largest absolute Gasteiger partial charge is 0.507 e. The number of ketones is 1. The Kier molecular flexibility index (Phi) is 5.82. The average molecular weight is 387 g/mol. The second kappa shape index (κ2) is 7.31. The predicted octanol–water partition coefficient (Wildman–Crippen LogP) is 6.94. The molecule has 0 saturated heterocycles. The molecule has 0 aromatic heterocycles. The first-order chi connectivity index (χ1) is 12.2. The van der Waals surface area contributed by atoms with E-state index in [1.54, 1.807) is 6.07 Å². The molecule has 2 rings (SSSR count). The van der Waals surface area contributed by atoms with Gasteiger partial charge in [0.15, 0.2) is 5.78 Å². The number of halogens is 1. The Bertz CT molecular complexity index is 832. The summed E-state index contributed by atoms with van der Waals surface area (Å²) in [7, 11) is 0. The average Bonchev–Trinajstić information content (AvgIpc) is 2.54. The molecule has 27 heavy (non-hydrogen) atoms. The summed E-state index contributed by atoms with van der Waals surface area (Å²) in [4.78, 5) is 13.2. The van der Waals surface area contributed by atoms with Crippen LogP contribution in [0, 0.1) is 6.92 Å². The number of benzene rings is 2. The van der Waals surface area contributed by atoms with Crippen LogP contribution in [-0.2, 0) is 10.8 Å². The lowest BCUT2D eigenvalue weighted by molar-refractivity contribution is 0.0966. The van der Waals surface area contributed by atoms with Crippen LogP contribution in [0.5, 0.6) is 5.75 Å². The van der Waals surface area contributed by atoms with Crippen molar-refractivity contribution in [3.63, 3.8) is 0 Å². The van der Waals surface area contributed by atoms with Crippen LogP contribution in [0.25, 0.3) is 0 Å². The Hall–Kier alpha value is -1.80. The molecule has 0 fully saturated rings. The van der Waals surface area contributed by atoms with Gasteiger partial charge in [-0.3, -0.25) is 4.79 Å². The van der Waals surface area contributed by atoms with E-state index in [0.717, 1.165) is 22.3 Å². The van der Waals surface area contributed by atoms with Gasteiger partial charge >= 0.3 is 0 Å². The van der Waals surface area contributed by atoms with E-state index in [0.29, 0.717) is 16.3 Å². The van der Waals surface area contributed by atoms with Crippen LogP contribution in [0.1, 0.15) is 87.0 Å². The molecule has 0 amide bonds. The van der Waals surface area contributed by atoms with Crippen molar-refractivity contribution < 1.29 is 9.90 Å². The van der Waals surface area contributed by atoms with Crippen molar-refractivity contribution in [3.05, 3.63) is 63.2 Å². The summed E-state index contributed by atoms with van der Waals surface area (Å²) in [6.45, 7) is 16.2. The smallest absolute Gasteiger partial charge is 0.171 e. The van der Waals surface area contributed by atoms with E-state index in [4.69, 9.17) is 11.6 Å². The van der Waals surface area contributed by atoms with Gasteiger partial charge in [-0.05, 0) is 46.1 Å². The third kappa shape index (κ3) is 4.38. The number of aryl methyl sites for hydroxylation is 1. The van der Waals surface area contributed by atoms with Crippen LogP contribution < -0.4 is 0 Å². The van der Waals surface area contributed by atoms with Crippen molar-refractivity contribution in [2.24, 2.45) is 0 Å². The molecular formula is C24H31ClO2. The van der Waals surface area contributed by atoms with Crippen LogP contribution in [0.4, 0.5) is 0 Å². The Morgan fingerprint density at radius 3 is 1.93 bits per heavy atom. The Morgan fingerprint density at radius 2 is 1.48 bits per heavy atom. The lowest BCUT2D eigenvalue weighted by Gasteiger charge is -2.29. The van der Waals surface area contributed by atoms with Gasteiger partial charge in [0.1, 0.15) is 5.75 Å². The Morgan fingerprint density at radius 1 is 1.00 bits per heavy atom. The minimum absolute atomic E-state index is 0.00546. The highest BCUT2D eigenvalue weighted by molar-refractivity contribution is 6.35. The molecule has 1 N–H and O–H groups in total. The number of aromatic hydroxyl groups is 1. The molecule has 0 aliphatic heterocycles. The predicted molar refractivity (Wildman–Crippen MR) is 114 cm³/mol. The second-order valence-electron chi connectivity index (χ2n) is 9.49. The first-order valence-corrected chi connectivity index (χ1v) is 9.80. The van der Waals surface area contributed by atoms with Crippen LogP contribution in [-0.4, -0.2) is 10.9 Å². The van der Waals surface area contributed by atoms with Crippen molar-refractivity contribution in [2.75, 3.05) is 0 Å². The summed E-state index contributed by atoms with van der Waals surface area (Å²) >= 11 is 6.39. The molecular weight excluding hydrogens is 356 g/mol. The standard InChI is InChI=1S/C24H31ClO2/c1-14-10-9-11-17(20(14)25)21(26)15(2)16-12-18(23(3,4)5)22(27)19(13-16)24(6,7)8/h9-13,15,27H,1-8H3. The van der Waals surface area contributed by atoms with Crippen molar-refractivity contribution in [2.45, 2.75) is 72.1 Å². The van der Waals surface area contributed by atoms with Gasteiger partial charge in [-0.1, -0.05) is 84.3 Å². The highest BCUT2D eigenvalue weighted by Gasteiger charge is 2.29. The highest BCUT2D eigenvalue weighted by Crippen LogP contribution is 2.41. The van der Waals surface area contributed by atoms with Gasteiger partial charge in [0, 0.05) is 11.5 Å². The summed E-state index contributed by atoms with van der Waals surface area (Å²) in [5, 5.41) is 11.4. The van der Waals surface area contributed by atoms with Crippen molar-refractivity contribution in [3.8, 4) is 5.75 Å². The topological polar surface area (TPSA) is 37.3 Å². The first kappa shape index (κ1) is 21.5. The number of rotatable bonds is 3. The molecule has 0 radical (unpaired) electrons. The van der Waals surface area contributed by atoms with E-state index in [1.165, 1.54) is 0 Å².